The second kappa shape index (κ2) is 8.43. The Hall–Kier alpha value is -1.94. The maximum absolute atomic E-state index is 12.6. The summed E-state index contributed by atoms with van der Waals surface area (Å²) in [4.78, 5) is 29.2. The van der Waals surface area contributed by atoms with Gasteiger partial charge in [0.1, 0.15) is 17.5 Å². The molecule has 2 aliphatic heterocycles. The highest BCUT2D eigenvalue weighted by molar-refractivity contribution is 7.11. The lowest BCUT2D eigenvalue weighted by Gasteiger charge is -2.39. The zero-order valence-corrected chi connectivity index (χ0v) is 17.9. The van der Waals surface area contributed by atoms with Gasteiger partial charge in [0.05, 0.1) is 30.5 Å². The van der Waals surface area contributed by atoms with Crippen LogP contribution in [0.15, 0.2) is 12.4 Å². The van der Waals surface area contributed by atoms with E-state index in [9.17, 15) is 4.79 Å². The molecule has 2 saturated heterocycles. The Bertz CT molecular complexity index is 872. The molecule has 0 aromatic carbocycles. The van der Waals surface area contributed by atoms with Gasteiger partial charge in [0.2, 0.25) is 5.91 Å². The van der Waals surface area contributed by atoms with Crippen LogP contribution in [0.3, 0.4) is 0 Å². The van der Waals surface area contributed by atoms with Gasteiger partial charge < -0.3 is 14.8 Å². The molecule has 2 aromatic heterocycles. The first-order valence-corrected chi connectivity index (χ1v) is 10.7. The number of hydrogen-bond acceptors (Lipinski definition) is 8. The van der Waals surface area contributed by atoms with E-state index in [0.29, 0.717) is 32.0 Å². The first-order chi connectivity index (χ1) is 13.9. The number of carbonyl (C=O) groups excluding carboxylic acids is 1. The molecule has 1 spiro atoms. The lowest BCUT2D eigenvalue weighted by Crippen LogP contribution is -2.52. The minimum atomic E-state index is -0.507. The summed E-state index contributed by atoms with van der Waals surface area (Å²) in [6.45, 7) is 9.90. The normalized spacial score (nSPS) is 24.9. The molecule has 0 saturated carbocycles. The molecular weight excluding hydrogens is 390 g/mol. The number of aryl methyl sites for hydroxylation is 3. The van der Waals surface area contributed by atoms with Crippen LogP contribution in [0, 0.1) is 20.8 Å². The molecule has 4 rings (SSSR count). The predicted molar refractivity (Wildman–Crippen MR) is 109 cm³/mol. The molecule has 156 valence electrons. The summed E-state index contributed by atoms with van der Waals surface area (Å²) < 4.78 is 11.9. The standard InChI is InChI=1S/C20H27N5O3S/c1-13-7-21-18(22-8-13)9-23-19(26)16-6-20(12-27-16)11-25(4-5-28-20)10-17-14(2)24-15(3)29-17/h7-8,16H,4-6,9-12H2,1-3H3,(H,23,26)/t16-,20+/m0/s1. The number of carbonyl (C=O) groups is 1. The highest BCUT2D eigenvalue weighted by atomic mass is 32.1. The van der Waals surface area contributed by atoms with Crippen LogP contribution in [0.25, 0.3) is 0 Å². The molecule has 8 nitrogen and oxygen atoms in total. The van der Waals surface area contributed by atoms with E-state index in [4.69, 9.17) is 9.47 Å². The van der Waals surface area contributed by atoms with Gasteiger partial charge >= 0.3 is 0 Å². The van der Waals surface area contributed by atoms with Crippen LogP contribution in [0.2, 0.25) is 0 Å². The van der Waals surface area contributed by atoms with Gasteiger partial charge in [-0.2, -0.15) is 0 Å². The van der Waals surface area contributed by atoms with Crippen LogP contribution in [0.5, 0.6) is 0 Å². The Morgan fingerprint density at radius 3 is 2.86 bits per heavy atom. The lowest BCUT2D eigenvalue weighted by atomic mass is 9.97. The van der Waals surface area contributed by atoms with Crippen molar-refractivity contribution in [2.75, 3.05) is 26.3 Å². The average Bonchev–Trinajstić information content (AvgIpc) is 3.24. The monoisotopic (exact) mass is 417 g/mol. The highest BCUT2D eigenvalue weighted by Gasteiger charge is 2.46. The van der Waals surface area contributed by atoms with E-state index in [1.165, 1.54) is 4.88 Å². The van der Waals surface area contributed by atoms with E-state index in [-0.39, 0.29) is 5.91 Å². The minimum Gasteiger partial charge on any atom is -0.370 e. The van der Waals surface area contributed by atoms with Gasteiger partial charge in [0.15, 0.2) is 0 Å². The van der Waals surface area contributed by atoms with E-state index < -0.39 is 11.7 Å². The first-order valence-electron chi connectivity index (χ1n) is 9.88. The Balaban J connectivity index is 1.32. The topological polar surface area (TPSA) is 89.5 Å². The Morgan fingerprint density at radius 2 is 2.14 bits per heavy atom. The highest BCUT2D eigenvalue weighted by Crippen LogP contribution is 2.32. The fourth-order valence-corrected chi connectivity index (χ4v) is 4.84. The molecule has 0 unspecified atom stereocenters. The van der Waals surface area contributed by atoms with Crippen molar-refractivity contribution >= 4 is 17.2 Å². The van der Waals surface area contributed by atoms with Crippen LogP contribution in [0.1, 0.15) is 33.4 Å². The maximum atomic E-state index is 12.6. The quantitative estimate of drug-likeness (QED) is 0.789. The summed E-state index contributed by atoms with van der Waals surface area (Å²) in [5.41, 5.74) is 1.67. The number of thiazole rings is 1. The van der Waals surface area contributed by atoms with Gasteiger partial charge in [-0.3, -0.25) is 9.69 Å². The van der Waals surface area contributed by atoms with Crippen molar-refractivity contribution < 1.29 is 14.3 Å². The molecule has 29 heavy (non-hydrogen) atoms. The SMILES string of the molecule is Cc1cnc(CNC(=O)[C@@H]2C[C@]3(CO2)CN(Cc2sc(C)nc2C)CCO3)nc1. The zero-order valence-electron chi connectivity index (χ0n) is 17.1. The third kappa shape index (κ3) is 4.80. The fraction of sp³-hybridized carbons (Fsp3) is 0.600. The van der Waals surface area contributed by atoms with Gasteiger partial charge in [-0.15, -0.1) is 11.3 Å². The fourth-order valence-electron chi connectivity index (χ4n) is 3.86. The molecule has 1 N–H and O–H groups in total. The number of aromatic nitrogens is 3. The second-order valence-corrected chi connectivity index (χ2v) is 9.17. The van der Waals surface area contributed by atoms with Gasteiger partial charge in [0, 0.05) is 43.3 Å². The molecule has 0 aliphatic carbocycles. The van der Waals surface area contributed by atoms with E-state index in [1.807, 2.05) is 13.8 Å². The molecule has 0 radical (unpaired) electrons. The van der Waals surface area contributed by atoms with Crippen LogP contribution >= 0.6 is 11.3 Å². The van der Waals surface area contributed by atoms with Crippen LogP contribution in [-0.2, 0) is 27.4 Å². The number of nitrogens with one attached hydrogen (secondary N) is 1. The van der Waals surface area contributed by atoms with Gasteiger partial charge in [-0.25, -0.2) is 15.0 Å². The predicted octanol–water partition coefficient (Wildman–Crippen LogP) is 1.53. The molecule has 9 heteroatoms. The molecule has 2 aliphatic rings. The first kappa shape index (κ1) is 20.3. The molecule has 2 fully saturated rings. The van der Waals surface area contributed by atoms with E-state index in [0.717, 1.165) is 35.9 Å². The van der Waals surface area contributed by atoms with Crippen molar-refractivity contribution in [3.63, 3.8) is 0 Å². The van der Waals surface area contributed by atoms with Crippen molar-refractivity contribution in [1.82, 2.24) is 25.2 Å². The number of ether oxygens (including phenoxy) is 2. The van der Waals surface area contributed by atoms with Crippen molar-refractivity contribution in [2.45, 2.75) is 52.0 Å². The number of nitrogens with zero attached hydrogens (tertiary/aromatic N) is 4. The summed E-state index contributed by atoms with van der Waals surface area (Å²) in [6.07, 6.45) is 3.54. The molecular formula is C20H27N5O3S. The molecule has 2 aromatic rings. The average molecular weight is 418 g/mol. The number of morpholine rings is 1. The summed E-state index contributed by atoms with van der Waals surface area (Å²) in [6, 6.07) is 0. The van der Waals surface area contributed by atoms with Crippen LogP contribution < -0.4 is 5.32 Å². The van der Waals surface area contributed by atoms with Crippen molar-refractivity contribution in [1.29, 1.82) is 0 Å². The number of hydrogen-bond donors (Lipinski definition) is 1. The molecule has 4 heterocycles. The van der Waals surface area contributed by atoms with Gasteiger partial charge in [-0.1, -0.05) is 0 Å². The Kier molecular flexibility index (Phi) is 5.91. The van der Waals surface area contributed by atoms with Crippen molar-refractivity contribution in [3.8, 4) is 0 Å². The molecule has 1 amide bonds. The second-order valence-electron chi connectivity index (χ2n) is 7.88. The van der Waals surface area contributed by atoms with Gasteiger partial charge in [-0.05, 0) is 26.3 Å². The third-order valence-corrected chi connectivity index (χ3v) is 6.40. The maximum Gasteiger partial charge on any atom is 0.249 e. The summed E-state index contributed by atoms with van der Waals surface area (Å²) >= 11 is 1.75. The van der Waals surface area contributed by atoms with E-state index in [2.05, 4.69) is 32.1 Å². The molecule has 2 atom stereocenters. The largest absolute Gasteiger partial charge is 0.370 e. The number of amides is 1. The lowest BCUT2D eigenvalue weighted by molar-refractivity contribution is -0.130. The van der Waals surface area contributed by atoms with E-state index in [1.54, 1.807) is 23.7 Å². The minimum absolute atomic E-state index is 0.138. The van der Waals surface area contributed by atoms with Crippen LogP contribution in [0.4, 0.5) is 0 Å². The zero-order chi connectivity index (χ0) is 20.4. The van der Waals surface area contributed by atoms with Crippen molar-refractivity contribution in [2.24, 2.45) is 0 Å². The van der Waals surface area contributed by atoms with Gasteiger partial charge in [0.25, 0.3) is 0 Å². The van der Waals surface area contributed by atoms with Crippen LogP contribution in [-0.4, -0.2) is 63.8 Å². The summed E-state index contributed by atoms with van der Waals surface area (Å²) in [5, 5.41) is 3.98. The van der Waals surface area contributed by atoms with E-state index >= 15 is 0 Å². The summed E-state index contributed by atoms with van der Waals surface area (Å²) in [5.74, 6) is 0.452. The summed E-state index contributed by atoms with van der Waals surface area (Å²) in [7, 11) is 0. The smallest absolute Gasteiger partial charge is 0.249 e. The number of rotatable bonds is 5. The third-order valence-electron chi connectivity index (χ3n) is 5.35. The van der Waals surface area contributed by atoms with Crippen molar-refractivity contribution in [3.05, 3.63) is 39.4 Å². The Labute approximate surface area is 174 Å². The Morgan fingerprint density at radius 1 is 1.34 bits per heavy atom. The molecule has 0 bridgehead atoms.